The summed E-state index contributed by atoms with van der Waals surface area (Å²) in [5.41, 5.74) is 2.36. The van der Waals surface area contributed by atoms with Crippen LogP contribution < -0.4 is 11.1 Å². The second-order valence-corrected chi connectivity index (χ2v) is 3.60. The molecule has 0 aliphatic rings. The van der Waals surface area contributed by atoms with E-state index in [1.165, 1.54) is 0 Å². The number of aliphatic hydroxyl groups excluding tert-OH is 1. The molecule has 0 aliphatic carbocycles. The fourth-order valence-corrected chi connectivity index (χ4v) is 1.55. The van der Waals surface area contributed by atoms with Gasteiger partial charge in [0.2, 0.25) is 0 Å². The fourth-order valence-electron chi connectivity index (χ4n) is 1.55. The number of oxazole rings is 1. The summed E-state index contributed by atoms with van der Waals surface area (Å²) in [6.07, 6.45) is 0.741. The summed E-state index contributed by atoms with van der Waals surface area (Å²) in [4.78, 5) is 13.5. The van der Waals surface area contributed by atoms with Crippen LogP contribution in [0.1, 0.15) is 12.0 Å². The summed E-state index contributed by atoms with van der Waals surface area (Å²) in [5.74, 6) is -0.430. The lowest BCUT2D eigenvalue weighted by molar-refractivity contribution is 0.286. The molecule has 0 saturated carbocycles. The van der Waals surface area contributed by atoms with Gasteiger partial charge >= 0.3 is 5.76 Å². The highest BCUT2D eigenvalue weighted by molar-refractivity contribution is 5.72. The minimum absolute atomic E-state index is 0.196. The third kappa shape index (κ3) is 2.50. The highest BCUT2D eigenvalue weighted by atomic mass is 16.4. The Labute approximate surface area is 92.1 Å². The number of fused-ring (bicyclic) bond motifs is 1. The molecule has 0 saturated heterocycles. The average Bonchev–Trinajstić information content (AvgIpc) is 2.64. The molecule has 86 valence electrons. The van der Waals surface area contributed by atoms with Gasteiger partial charge in [0.25, 0.3) is 0 Å². The Balaban J connectivity index is 2.04. The number of aromatic nitrogens is 1. The average molecular weight is 222 g/mol. The number of H-pyrrole nitrogens is 1. The Kier molecular flexibility index (Phi) is 3.38. The largest absolute Gasteiger partial charge is 0.417 e. The number of hydrogen-bond donors (Lipinski definition) is 3. The molecule has 1 aromatic carbocycles. The summed E-state index contributed by atoms with van der Waals surface area (Å²) in [5, 5.41) is 11.8. The molecule has 0 spiro atoms. The number of rotatable bonds is 5. The highest BCUT2D eigenvalue weighted by Crippen LogP contribution is 2.11. The Hall–Kier alpha value is -1.59. The van der Waals surface area contributed by atoms with Crippen molar-refractivity contribution in [2.45, 2.75) is 13.0 Å². The lowest BCUT2D eigenvalue weighted by Gasteiger charge is -2.03. The lowest BCUT2D eigenvalue weighted by atomic mass is 10.2. The number of aromatic amines is 1. The van der Waals surface area contributed by atoms with Gasteiger partial charge in [-0.1, -0.05) is 6.07 Å². The Morgan fingerprint density at radius 1 is 1.44 bits per heavy atom. The third-order valence-electron chi connectivity index (χ3n) is 2.32. The van der Waals surface area contributed by atoms with Gasteiger partial charge in [-0.25, -0.2) is 4.79 Å². The van der Waals surface area contributed by atoms with E-state index in [1.807, 2.05) is 12.1 Å². The van der Waals surface area contributed by atoms with Crippen molar-refractivity contribution in [3.8, 4) is 0 Å². The zero-order valence-corrected chi connectivity index (χ0v) is 8.82. The normalized spacial score (nSPS) is 11.1. The summed E-state index contributed by atoms with van der Waals surface area (Å²) >= 11 is 0. The van der Waals surface area contributed by atoms with Crippen molar-refractivity contribution in [1.82, 2.24) is 10.3 Å². The molecule has 5 heteroatoms. The zero-order chi connectivity index (χ0) is 11.4. The quantitative estimate of drug-likeness (QED) is 0.647. The first-order valence-electron chi connectivity index (χ1n) is 5.23. The summed E-state index contributed by atoms with van der Waals surface area (Å²) < 4.78 is 4.90. The number of aliphatic hydroxyl groups is 1. The second-order valence-electron chi connectivity index (χ2n) is 3.60. The minimum atomic E-state index is -0.430. The Morgan fingerprint density at radius 3 is 3.12 bits per heavy atom. The van der Waals surface area contributed by atoms with E-state index in [2.05, 4.69) is 10.3 Å². The van der Waals surface area contributed by atoms with E-state index in [0.29, 0.717) is 17.6 Å². The molecule has 2 rings (SSSR count). The lowest BCUT2D eigenvalue weighted by Crippen LogP contribution is -2.15. The van der Waals surface area contributed by atoms with Crippen molar-refractivity contribution in [3.63, 3.8) is 0 Å². The molecule has 3 N–H and O–H groups in total. The maximum absolute atomic E-state index is 10.9. The van der Waals surface area contributed by atoms with Crippen LogP contribution in [0, 0.1) is 0 Å². The SMILES string of the molecule is O=c1[nH]c2cc(CNCCCO)ccc2o1. The van der Waals surface area contributed by atoms with Crippen molar-refractivity contribution in [2.24, 2.45) is 0 Å². The molecule has 1 aromatic heterocycles. The van der Waals surface area contributed by atoms with Crippen LogP contribution in [0.4, 0.5) is 0 Å². The van der Waals surface area contributed by atoms with Crippen LogP contribution in [0.25, 0.3) is 11.1 Å². The molecule has 0 bridgehead atoms. The third-order valence-corrected chi connectivity index (χ3v) is 2.32. The predicted octanol–water partition coefficient (Wildman–Crippen LogP) is 0.593. The molecule has 0 fully saturated rings. The van der Waals surface area contributed by atoms with Gasteiger partial charge in [0.1, 0.15) is 0 Å². The van der Waals surface area contributed by atoms with Gasteiger partial charge in [0.15, 0.2) is 5.58 Å². The van der Waals surface area contributed by atoms with E-state index in [9.17, 15) is 4.79 Å². The van der Waals surface area contributed by atoms with Crippen molar-refractivity contribution in [3.05, 3.63) is 34.3 Å². The molecular formula is C11H14N2O3. The molecule has 0 amide bonds. The van der Waals surface area contributed by atoms with Crippen molar-refractivity contribution in [2.75, 3.05) is 13.2 Å². The van der Waals surface area contributed by atoms with Crippen LogP contribution in [-0.4, -0.2) is 23.2 Å². The van der Waals surface area contributed by atoms with Gasteiger partial charge < -0.3 is 14.8 Å². The van der Waals surface area contributed by atoms with E-state index in [1.54, 1.807) is 6.07 Å². The smallest absolute Gasteiger partial charge is 0.408 e. The van der Waals surface area contributed by atoms with Crippen LogP contribution in [0.3, 0.4) is 0 Å². The Morgan fingerprint density at radius 2 is 2.31 bits per heavy atom. The monoisotopic (exact) mass is 222 g/mol. The Bertz CT molecular complexity index is 515. The van der Waals surface area contributed by atoms with Gasteiger partial charge in [-0.3, -0.25) is 4.98 Å². The van der Waals surface area contributed by atoms with E-state index in [0.717, 1.165) is 18.5 Å². The maximum atomic E-state index is 10.9. The van der Waals surface area contributed by atoms with Crippen LogP contribution in [0.2, 0.25) is 0 Å². The number of benzene rings is 1. The molecule has 0 aliphatic heterocycles. The molecule has 0 radical (unpaired) electrons. The zero-order valence-electron chi connectivity index (χ0n) is 8.82. The second kappa shape index (κ2) is 4.96. The van der Waals surface area contributed by atoms with Crippen LogP contribution in [-0.2, 0) is 6.54 Å². The molecule has 16 heavy (non-hydrogen) atoms. The van der Waals surface area contributed by atoms with Gasteiger partial charge in [0.05, 0.1) is 5.52 Å². The molecule has 5 nitrogen and oxygen atoms in total. The summed E-state index contributed by atoms with van der Waals surface area (Å²) in [6.45, 7) is 1.68. The van der Waals surface area contributed by atoms with E-state index in [4.69, 9.17) is 9.52 Å². The fraction of sp³-hybridized carbons (Fsp3) is 0.364. The first-order valence-corrected chi connectivity index (χ1v) is 5.23. The van der Waals surface area contributed by atoms with Crippen molar-refractivity contribution < 1.29 is 9.52 Å². The summed E-state index contributed by atoms with van der Waals surface area (Å²) in [6, 6.07) is 5.56. The summed E-state index contributed by atoms with van der Waals surface area (Å²) in [7, 11) is 0. The highest BCUT2D eigenvalue weighted by Gasteiger charge is 2.01. The molecular weight excluding hydrogens is 208 g/mol. The minimum Gasteiger partial charge on any atom is -0.408 e. The van der Waals surface area contributed by atoms with Gasteiger partial charge in [-0.05, 0) is 30.7 Å². The molecule has 0 unspecified atom stereocenters. The number of nitrogens with one attached hydrogen (secondary N) is 2. The van der Waals surface area contributed by atoms with Crippen molar-refractivity contribution >= 4 is 11.1 Å². The predicted molar refractivity (Wildman–Crippen MR) is 60.2 cm³/mol. The first-order chi connectivity index (χ1) is 7.79. The van der Waals surface area contributed by atoms with Crippen LogP contribution in [0.15, 0.2) is 27.4 Å². The van der Waals surface area contributed by atoms with Crippen LogP contribution >= 0.6 is 0 Å². The first kappa shape index (κ1) is 10.9. The standard InChI is InChI=1S/C11H14N2O3/c14-5-1-4-12-7-8-2-3-10-9(6-8)13-11(15)16-10/h2-3,6,12,14H,1,4-5,7H2,(H,13,15). The topological polar surface area (TPSA) is 78.3 Å². The van der Waals surface area contributed by atoms with Gasteiger partial charge in [-0.2, -0.15) is 0 Å². The maximum Gasteiger partial charge on any atom is 0.417 e. The molecule has 0 atom stereocenters. The van der Waals surface area contributed by atoms with Gasteiger partial charge in [0, 0.05) is 13.2 Å². The van der Waals surface area contributed by atoms with Crippen LogP contribution in [0.5, 0.6) is 0 Å². The van der Waals surface area contributed by atoms with E-state index in [-0.39, 0.29) is 6.61 Å². The molecule has 2 aromatic rings. The van der Waals surface area contributed by atoms with E-state index >= 15 is 0 Å². The van der Waals surface area contributed by atoms with Crippen molar-refractivity contribution in [1.29, 1.82) is 0 Å². The molecule has 1 heterocycles. The van der Waals surface area contributed by atoms with E-state index < -0.39 is 5.76 Å². The van der Waals surface area contributed by atoms with Gasteiger partial charge in [-0.15, -0.1) is 0 Å². The number of hydrogen-bond acceptors (Lipinski definition) is 4.